The Hall–Kier alpha value is -1.79. The molecule has 1 saturated heterocycles. The minimum Gasteiger partial charge on any atom is -0.508 e. The second kappa shape index (κ2) is 7.19. The maximum Gasteiger partial charge on any atom is 0.410 e. The second-order valence-electron chi connectivity index (χ2n) is 6.85. The number of carbonyl (C=O) groups excluding carboxylic acids is 1. The summed E-state index contributed by atoms with van der Waals surface area (Å²) < 4.78 is 5.41. The van der Waals surface area contributed by atoms with Crippen LogP contribution in [-0.4, -0.2) is 59.3 Å². The largest absolute Gasteiger partial charge is 0.508 e. The lowest BCUT2D eigenvalue weighted by atomic mass is 10.0. The average Bonchev–Trinajstić information content (AvgIpc) is 2.49. The SMILES string of the molecule is CC(C)(C)OC(=O)N1CCN(C(CN)c2ccc(O)cc2)CC1. The molecule has 0 aromatic heterocycles. The maximum absolute atomic E-state index is 12.1. The first kappa shape index (κ1) is 17.6. The molecule has 0 spiro atoms. The summed E-state index contributed by atoms with van der Waals surface area (Å²) in [5.74, 6) is 0.249. The number of phenolic OH excluding ortho intramolecular Hbond substituents is 1. The van der Waals surface area contributed by atoms with Crippen molar-refractivity contribution >= 4 is 6.09 Å². The molecule has 0 saturated carbocycles. The molecular weight excluding hydrogens is 294 g/mol. The van der Waals surface area contributed by atoms with Crippen molar-refractivity contribution < 1.29 is 14.6 Å². The van der Waals surface area contributed by atoms with Crippen LogP contribution in [0.4, 0.5) is 4.79 Å². The quantitative estimate of drug-likeness (QED) is 0.889. The molecule has 1 fully saturated rings. The number of nitrogens with zero attached hydrogens (tertiary/aromatic N) is 2. The van der Waals surface area contributed by atoms with Crippen LogP contribution in [0.5, 0.6) is 5.75 Å². The van der Waals surface area contributed by atoms with E-state index >= 15 is 0 Å². The lowest BCUT2D eigenvalue weighted by Gasteiger charge is -2.39. The third-order valence-electron chi connectivity index (χ3n) is 3.91. The Morgan fingerprint density at radius 2 is 1.78 bits per heavy atom. The number of carbonyl (C=O) groups is 1. The van der Waals surface area contributed by atoms with Crippen LogP contribution in [0.25, 0.3) is 0 Å². The van der Waals surface area contributed by atoms with Gasteiger partial charge in [0.2, 0.25) is 0 Å². The van der Waals surface area contributed by atoms with E-state index in [-0.39, 0.29) is 17.9 Å². The van der Waals surface area contributed by atoms with Gasteiger partial charge in [-0.25, -0.2) is 4.79 Å². The Morgan fingerprint density at radius 3 is 2.26 bits per heavy atom. The number of phenols is 1. The smallest absolute Gasteiger partial charge is 0.410 e. The van der Waals surface area contributed by atoms with Crippen molar-refractivity contribution in [3.8, 4) is 5.75 Å². The zero-order valence-corrected chi connectivity index (χ0v) is 14.2. The summed E-state index contributed by atoms with van der Waals surface area (Å²) in [7, 11) is 0. The molecule has 0 bridgehead atoms. The van der Waals surface area contributed by atoms with Crippen molar-refractivity contribution in [1.29, 1.82) is 0 Å². The molecule has 6 nitrogen and oxygen atoms in total. The normalized spacial score (nSPS) is 17.8. The van der Waals surface area contributed by atoms with E-state index in [9.17, 15) is 9.90 Å². The number of aromatic hydroxyl groups is 1. The number of benzene rings is 1. The van der Waals surface area contributed by atoms with Gasteiger partial charge in [0, 0.05) is 38.8 Å². The lowest BCUT2D eigenvalue weighted by Crippen LogP contribution is -2.51. The minimum atomic E-state index is -0.472. The van der Waals surface area contributed by atoms with Gasteiger partial charge in [0.25, 0.3) is 0 Å². The Morgan fingerprint density at radius 1 is 1.22 bits per heavy atom. The van der Waals surface area contributed by atoms with Gasteiger partial charge in [-0.15, -0.1) is 0 Å². The van der Waals surface area contributed by atoms with Gasteiger partial charge in [-0.05, 0) is 38.5 Å². The van der Waals surface area contributed by atoms with Gasteiger partial charge in [-0.1, -0.05) is 12.1 Å². The molecule has 1 heterocycles. The first-order valence-corrected chi connectivity index (χ1v) is 8.01. The number of hydrogen-bond acceptors (Lipinski definition) is 5. The average molecular weight is 321 g/mol. The molecule has 0 radical (unpaired) electrons. The van der Waals surface area contributed by atoms with Crippen LogP contribution >= 0.6 is 0 Å². The van der Waals surface area contributed by atoms with Crippen LogP contribution in [0.2, 0.25) is 0 Å². The number of nitrogens with two attached hydrogens (primary N) is 1. The maximum atomic E-state index is 12.1. The Balaban J connectivity index is 1.94. The highest BCUT2D eigenvalue weighted by Gasteiger charge is 2.28. The number of hydrogen-bond donors (Lipinski definition) is 2. The van der Waals surface area contributed by atoms with Crippen LogP contribution in [0.1, 0.15) is 32.4 Å². The van der Waals surface area contributed by atoms with Gasteiger partial charge in [0.15, 0.2) is 0 Å². The summed E-state index contributed by atoms with van der Waals surface area (Å²) in [6, 6.07) is 7.24. The first-order chi connectivity index (χ1) is 10.8. The summed E-state index contributed by atoms with van der Waals surface area (Å²) in [5, 5.41) is 9.41. The number of piperazine rings is 1. The molecule has 3 N–H and O–H groups in total. The molecule has 1 amide bonds. The fraction of sp³-hybridized carbons (Fsp3) is 0.588. The molecule has 6 heteroatoms. The molecule has 2 rings (SSSR count). The molecule has 1 aromatic carbocycles. The van der Waals surface area contributed by atoms with Crippen molar-refractivity contribution in [2.45, 2.75) is 32.4 Å². The van der Waals surface area contributed by atoms with Crippen molar-refractivity contribution in [3.05, 3.63) is 29.8 Å². The zero-order valence-electron chi connectivity index (χ0n) is 14.2. The predicted molar refractivity (Wildman–Crippen MR) is 89.3 cm³/mol. The number of amides is 1. The van der Waals surface area contributed by atoms with E-state index in [1.54, 1.807) is 17.0 Å². The molecular formula is C17H27N3O3. The Bertz CT molecular complexity index is 517. The first-order valence-electron chi connectivity index (χ1n) is 8.01. The predicted octanol–water partition coefficient (Wildman–Crippen LogP) is 1.94. The molecule has 1 unspecified atom stereocenters. The number of ether oxygens (including phenoxy) is 1. The standard InChI is InChI=1S/C17H27N3O3/c1-17(2,3)23-16(22)20-10-8-19(9-11-20)15(12-18)13-4-6-14(21)7-5-13/h4-7,15,21H,8-12,18H2,1-3H3. The zero-order chi connectivity index (χ0) is 17.0. The Labute approximate surface area is 137 Å². The van der Waals surface area contributed by atoms with Crippen LogP contribution in [-0.2, 0) is 4.74 Å². The van der Waals surface area contributed by atoms with Crippen LogP contribution in [0.15, 0.2) is 24.3 Å². The summed E-state index contributed by atoms with van der Waals surface area (Å²) in [4.78, 5) is 16.1. The van der Waals surface area contributed by atoms with Crippen LogP contribution < -0.4 is 5.73 Å². The molecule has 0 aliphatic carbocycles. The summed E-state index contributed by atoms with van der Waals surface area (Å²) in [6.07, 6.45) is -0.258. The van der Waals surface area contributed by atoms with E-state index in [0.717, 1.165) is 18.7 Å². The third kappa shape index (κ3) is 4.84. The number of rotatable bonds is 3. The van der Waals surface area contributed by atoms with E-state index in [1.807, 2.05) is 32.9 Å². The molecule has 23 heavy (non-hydrogen) atoms. The monoisotopic (exact) mass is 321 g/mol. The van der Waals surface area contributed by atoms with Crippen molar-refractivity contribution in [2.75, 3.05) is 32.7 Å². The highest BCUT2D eigenvalue weighted by molar-refractivity contribution is 5.68. The second-order valence-corrected chi connectivity index (χ2v) is 6.85. The summed E-state index contributed by atoms with van der Waals surface area (Å²) >= 11 is 0. The van der Waals surface area contributed by atoms with Crippen LogP contribution in [0.3, 0.4) is 0 Å². The van der Waals surface area contributed by atoms with Crippen molar-refractivity contribution in [3.63, 3.8) is 0 Å². The minimum absolute atomic E-state index is 0.0939. The van der Waals surface area contributed by atoms with E-state index in [1.165, 1.54) is 0 Å². The highest BCUT2D eigenvalue weighted by atomic mass is 16.6. The molecule has 128 valence electrons. The van der Waals surface area contributed by atoms with E-state index in [2.05, 4.69) is 4.90 Å². The van der Waals surface area contributed by atoms with Crippen LogP contribution in [0, 0.1) is 0 Å². The van der Waals surface area contributed by atoms with E-state index in [0.29, 0.717) is 19.6 Å². The fourth-order valence-electron chi connectivity index (χ4n) is 2.74. The summed E-state index contributed by atoms with van der Waals surface area (Å²) in [5.41, 5.74) is 6.55. The topological polar surface area (TPSA) is 79.0 Å². The third-order valence-corrected chi connectivity index (χ3v) is 3.91. The molecule has 1 aliphatic heterocycles. The lowest BCUT2D eigenvalue weighted by molar-refractivity contribution is 0.0106. The van der Waals surface area contributed by atoms with Gasteiger partial charge in [-0.3, -0.25) is 4.90 Å². The molecule has 1 atom stereocenters. The van der Waals surface area contributed by atoms with Gasteiger partial charge in [0.05, 0.1) is 0 Å². The fourth-order valence-corrected chi connectivity index (χ4v) is 2.74. The molecule has 1 aliphatic rings. The van der Waals surface area contributed by atoms with Gasteiger partial charge < -0.3 is 20.5 Å². The van der Waals surface area contributed by atoms with Crippen molar-refractivity contribution in [2.24, 2.45) is 5.73 Å². The van der Waals surface area contributed by atoms with E-state index in [4.69, 9.17) is 10.5 Å². The highest BCUT2D eigenvalue weighted by Crippen LogP contribution is 2.23. The van der Waals surface area contributed by atoms with E-state index < -0.39 is 5.60 Å². The van der Waals surface area contributed by atoms with Gasteiger partial charge in [-0.2, -0.15) is 0 Å². The van der Waals surface area contributed by atoms with Crippen molar-refractivity contribution in [1.82, 2.24) is 9.80 Å². The molecule has 1 aromatic rings. The van der Waals surface area contributed by atoms with Gasteiger partial charge in [0.1, 0.15) is 11.4 Å². The summed E-state index contributed by atoms with van der Waals surface area (Å²) in [6.45, 7) is 8.87. The Kier molecular flexibility index (Phi) is 5.49. The van der Waals surface area contributed by atoms with Gasteiger partial charge >= 0.3 is 6.09 Å².